The van der Waals surface area contributed by atoms with Crippen LogP contribution in [0.25, 0.3) is 0 Å². The number of nitrogens with one attached hydrogen (secondary N) is 1. The number of benzene rings is 1. The first-order valence-electron chi connectivity index (χ1n) is 6.30. The van der Waals surface area contributed by atoms with E-state index in [4.69, 9.17) is 5.73 Å². The van der Waals surface area contributed by atoms with Crippen LogP contribution in [0.15, 0.2) is 30.9 Å². The Kier molecular flexibility index (Phi) is 5.01. The molecule has 1 amide bonds. The summed E-state index contributed by atoms with van der Waals surface area (Å²) in [5.74, 6) is 4.55. The second-order valence-corrected chi connectivity index (χ2v) is 4.16. The van der Waals surface area contributed by atoms with Crippen molar-refractivity contribution < 1.29 is 9.18 Å². The van der Waals surface area contributed by atoms with Crippen molar-refractivity contribution in [3.63, 3.8) is 0 Å². The first-order chi connectivity index (χ1) is 10.2. The van der Waals surface area contributed by atoms with Gasteiger partial charge in [-0.1, -0.05) is 11.8 Å². The van der Waals surface area contributed by atoms with E-state index in [0.29, 0.717) is 12.2 Å². The molecule has 0 spiro atoms. The van der Waals surface area contributed by atoms with Crippen molar-refractivity contribution in [2.45, 2.75) is 13.0 Å². The van der Waals surface area contributed by atoms with Crippen LogP contribution in [-0.4, -0.2) is 27.2 Å². The van der Waals surface area contributed by atoms with E-state index in [1.54, 1.807) is 4.68 Å². The molecule has 0 aliphatic rings. The summed E-state index contributed by atoms with van der Waals surface area (Å²) in [6.07, 6.45) is 3.18. The lowest BCUT2D eigenvalue weighted by atomic mass is 10.2. The molecular weight excluding hydrogens is 273 g/mol. The molecule has 0 aliphatic heterocycles. The number of rotatable bonds is 4. The Morgan fingerprint density at radius 3 is 3.05 bits per heavy atom. The van der Waals surface area contributed by atoms with Crippen LogP contribution >= 0.6 is 0 Å². The highest BCUT2D eigenvalue weighted by Crippen LogP contribution is 2.14. The van der Waals surface area contributed by atoms with Crippen molar-refractivity contribution in [1.29, 1.82) is 0 Å². The average molecular weight is 287 g/mol. The Morgan fingerprint density at radius 2 is 2.33 bits per heavy atom. The van der Waals surface area contributed by atoms with Gasteiger partial charge in [-0.05, 0) is 18.2 Å². The second-order valence-electron chi connectivity index (χ2n) is 4.16. The lowest BCUT2D eigenvalue weighted by Gasteiger charge is -2.06. The molecule has 108 valence electrons. The summed E-state index contributed by atoms with van der Waals surface area (Å²) in [5, 5.41) is 6.58. The van der Waals surface area contributed by atoms with E-state index in [9.17, 15) is 9.18 Å². The maximum absolute atomic E-state index is 13.5. The number of carbonyl (C=O) groups excluding carboxylic acids is 1. The lowest BCUT2D eigenvalue weighted by Crippen LogP contribution is -2.14. The molecule has 0 atom stereocenters. The van der Waals surface area contributed by atoms with Gasteiger partial charge in [0, 0.05) is 12.1 Å². The molecule has 21 heavy (non-hydrogen) atoms. The fourth-order valence-corrected chi connectivity index (χ4v) is 1.63. The van der Waals surface area contributed by atoms with E-state index in [1.165, 1.54) is 30.9 Å². The Bertz CT molecular complexity index is 672. The van der Waals surface area contributed by atoms with E-state index >= 15 is 0 Å². The molecule has 3 N–H and O–H groups in total. The molecule has 7 heteroatoms. The number of amides is 1. The van der Waals surface area contributed by atoms with Crippen LogP contribution in [0.1, 0.15) is 12.0 Å². The first kappa shape index (κ1) is 14.7. The summed E-state index contributed by atoms with van der Waals surface area (Å²) >= 11 is 0. The minimum absolute atomic E-state index is 0.147. The summed E-state index contributed by atoms with van der Waals surface area (Å²) < 4.78 is 15.0. The van der Waals surface area contributed by atoms with Gasteiger partial charge in [0.2, 0.25) is 5.91 Å². The minimum atomic E-state index is -0.448. The number of aromatic nitrogens is 3. The molecule has 0 saturated carbocycles. The molecule has 0 saturated heterocycles. The van der Waals surface area contributed by atoms with Crippen LogP contribution in [0.2, 0.25) is 0 Å². The Morgan fingerprint density at radius 1 is 1.48 bits per heavy atom. The van der Waals surface area contributed by atoms with Crippen molar-refractivity contribution in [1.82, 2.24) is 14.8 Å². The number of nitrogens with two attached hydrogens (primary N) is 1. The predicted molar refractivity (Wildman–Crippen MR) is 75.6 cm³/mol. The van der Waals surface area contributed by atoms with E-state index in [1.807, 2.05) is 0 Å². The molecule has 1 aromatic heterocycles. The SMILES string of the molecule is NCC#Cc1cc(NC(=O)CCn2cncn2)ccc1F. The third kappa shape index (κ3) is 4.40. The van der Waals surface area contributed by atoms with E-state index in [-0.39, 0.29) is 24.4 Å². The maximum Gasteiger partial charge on any atom is 0.226 e. The zero-order valence-electron chi connectivity index (χ0n) is 11.2. The zero-order valence-corrected chi connectivity index (χ0v) is 11.2. The highest BCUT2D eigenvalue weighted by Gasteiger charge is 2.06. The topological polar surface area (TPSA) is 85.8 Å². The van der Waals surface area contributed by atoms with Crippen molar-refractivity contribution in [3.8, 4) is 11.8 Å². The van der Waals surface area contributed by atoms with Gasteiger partial charge < -0.3 is 11.1 Å². The Balaban J connectivity index is 1.97. The third-order valence-electron chi connectivity index (χ3n) is 2.61. The van der Waals surface area contributed by atoms with Crippen molar-refractivity contribution >= 4 is 11.6 Å². The first-order valence-corrected chi connectivity index (χ1v) is 6.30. The van der Waals surface area contributed by atoms with Crippen LogP contribution in [0.5, 0.6) is 0 Å². The molecule has 0 aliphatic carbocycles. The summed E-state index contributed by atoms with van der Waals surface area (Å²) in [7, 11) is 0. The van der Waals surface area contributed by atoms with E-state index < -0.39 is 5.82 Å². The van der Waals surface area contributed by atoms with Gasteiger partial charge in [-0.15, -0.1) is 0 Å². The molecule has 0 fully saturated rings. The second kappa shape index (κ2) is 7.17. The quantitative estimate of drug-likeness (QED) is 0.813. The average Bonchev–Trinajstić information content (AvgIpc) is 2.99. The number of halogens is 1. The van der Waals surface area contributed by atoms with Gasteiger partial charge in [-0.3, -0.25) is 9.48 Å². The standard InChI is InChI=1S/C14H14FN5O/c15-13-4-3-12(8-11(13)2-1-6-16)19-14(21)5-7-20-10-17-9-18-20/h3-4,8-10H,5-7,16H2,(H,19,21). The van der Waals surface area contributed by atoms with Crippen LogP contribution in [0, 0.1) is 17.7 Å². The van der Waals surface area contributed by atoms with Crippen LogP contribution in [0.3, 0.4) is 0 Å². The van der Waals surface area contributed by atoms with Crippen LogP contribution in [0.4, 0.5) is 10.1 Å². The normalized spacial score (nSPS) is 9.81. The number of hydrogen-bond donors (Lipinski definition) is 2. The summed E-state index contributed by atoms with van der Waals surface area (Å²) in [5.41, 5.74) is 5.94. The van der Waals surface area contributed by atoms with E-state index in [2.05, 4.69) is 27.2 Å². The van der Waals surface area contributed by atoms with Gasteiger partial charge in [0.05, 0.1) is 18.7 Å². The van der Waals surface area contributed by atoms with Gasteiger partial charge in [0.15, 0.2) is 0 Å². The summed E-state index contributed by atoms with van der Waals surface area (Å²) in [6.45, 7) is 0.570. The Hall–Kier alpha value is -2.72. The molecular formula is C14H14FN5O. The fraction of sp³-hybridized carbons (Fsp3) is 0.214. The van der Waals surface area contributed by atoms with Crippen molar-refractivity contribution in [3.05, 3.63) is 42.2 Å². The van der Waals surface area contributed by atoms with Gasteiger partial charge in [-0.25, -0.2) is 9.37 Å². The summed E-state index contributed by atoms with van der Waals surface area (Å²) in [6, 6.07) is 4.22. The molecule has 0 bridgehead atoms. The van der Waals surface area contributed by atoms with Gasteiger partial charge in [0.25, 0.3) is 0 Å². The number of aryl methyl sites for hydroxylation is 1. The molecule has 0 radical (unpaired) electrons. The smallest absolute Gasteiger partial charge is 0.226 e. The van der Waals surface area contributed by atoms with Gasteiger partial charge in [-0.2, -0.15) is 5.10 Å². The highest BCUT2D eigenvalue weighted by molar-refractivity contribution is 5.90. The number of hydrogen-bond acceptors (Lipinski definition) is 4. The van der Waals surface area contributed by atoms with Crippen molar-refractivity contribution in [2.75, 3.05) is 11.9 Å². The number of nitrogens with zero attached hydrogens (tertiary/aromatic N) is 3. The molecule has 2 aromatic rings. The Labute approximate surface area is 121 Å². The van der Waals surface area contributed by atoms with E-state index in [0.717, 1.165) is 0 Å². The molecule has 1 aromatic carbocycles. The summed E-state index contributed by atoms with van der Waals surface area (Å²) in [4.78, 5) is 15.6. The number of anilines is 1. The minimum Gasteiger partial charge on any atom is -0.326 e. The molecule has 2 rings (SSSR count). The molecule has 1 heterocycles. The van der Waals surface area contributed by atoms with Gasteiger partial charge >= 0.3 is 0 Å². The predicted octanol–water partition coefficient (Wildman–Crippen LogP) is 0.756. The molecule has 0 unspecified atom stereocenters. The zero-order chi connectivity index (χ0) is 15.1. The van der Waals surface area contributed by atoms with Crippen LogP contribution in [-0.2, 0) is 11.3 Å². The largest absolute Gasteiger partial charge is 0.326 e. The molecule has 6 nitrogen and oxygen atoms in total. The van der Waals surface area contributed by atoms with Gasteiger partial charge in [0.1, 0.15) is 18.5 Å². The maximum atomic E-state index is 13.5. The highest BCUT2D eigenvalue weighted by atomic mass is 19.1. The fourth-order valence-electron chi connectivity index (χ4n) is 1.63. The third-order valence-corrected chi connectivity index (χ3v) is 2.61. The van der Waals surface area contributed by atoms with Crippen molar-refractivity contribution in [2.24, 2.45) is 5.73 Å². The lowest BCUT2D eigenvalue weighted by molar-refractivity contribution is -0.116. The van der Waals surface area contributed by atoms with Crippen LogP contribution < -0.4 is 11.1 Å². The number of carbonyl (C=O) groups is 1. The monoisotopic (exact) mass is 287 g/mol.